The zero-order valence-electron chi connectivity index (χ0n) is 10.7. The standard InChI is InChI=1S/C17H22/c1-3-5-15-8-12-17(13-9-15)16-10-6-14(4-2)7-11-16/h3-7,10-11,15,17H,2,8-9,12-13H2,1H3/b5-3+. The second kappa shape index (κ2) is 5.86. The fourth-order valence-electron chi connectivity index (χ4n) is 2.82. The van der Waals surface area contributed by atoms with Gasteiger partial charge in [-0.05, 0) is 55.6 Å². The van der Waals surface area contributed by atoms with E-state index in [0.29, 0.717) is 0 Å². The SMILES string of the molecule is C=Cc1ccc(C2CCC(/C=C/C)CC2)cc1. The molecule has 0 bridgehead atoms. The molecule has 0 heteroatoms. The van der Waals surface area contributed by atoms with E-state index in [9.17, 15) is 0 Å². The van der Waals surface area contributed by atoms with Crippen molar-refractivity contribution in [2.75, 3.05) is 0 Å². The summed E-state index contributed by atoms with van der Waals surface area (Å²) < 4.78 is 0. The van der Waals surface area contributed by atoms with Crippen LogP contribution in [-0.2, 0) is 0 Å². The van der Waals surface area contributed by atoms with Gasteiger partial charge in [0.15, 0.2) is 0 Å². The minimum atomic E-state index is 0.773. The van der Waals surface area contributed by atoms with Crippen molar-refractivity contribution in [2.45, 2.75) is 38.5 Å². The number of rotatable bonds is 3. The van der Waals surface area contributed by atoms with Crippen molar-refractivity contribution in [3.8, 4) is 0 Å². The molecule has 17 heavy (non-hydrogen) atoms. The van der Waals surface area contributed by atoms with Crippen LogP contribution in [-0.4, -0.2) is 0 Å². The second-order valence-corrected chi connectivity index (χ2v) is 5.01. The van der Waals surface area contributed by atoms with E-state index in [2.05, 4.69) is 49.9 Å². The Kier molecular flexibility index (Phi) is 4.19. The Morgan fingerprint density at radius 2 is 1.71 bits per heavy atom. The minimum absolute atomic E-state index is 0.773. The quantitative estimate of drug-likeness (QED) is 0.623. The van der Waals surface area contributed by atoms with Gasteiger partial charge in [-0.15, -0.1) is 0 Å². The van der Waals surface area contributed by atoms with Crippen LogP contribution in [0.15, 0.2) is 43.0 Å². The third-order valence-corrected chi connectivity index (χ3v) is 3.88. The summed E-state index contributed by atoms with van der Waals surface area (Å²) in [4.78, 5) is 0. The molecule has 0 unspecified atom stereocenters. The molecule has 0 spiro atoms. The van der Waals surface area contributed by atoms with Crippen LogP contribution >= 0.6 is 0 Å². The molecular formula is C17H22. The molecule has 1 saturated carbocycles. The molecule has 0 radical (unpaired) electrons. The van der Waals surface area contributed by atoms with Gasteiger partial charge in [0, 0.05) is 0 Å². The van der Waals surface area contributed by atoms with E-state index in [1.807, 2.05) is 6.08 Å². The van der Waals surface area contributed by atoms with E-state index >= 15 is 0 Å². The van der Waals surface area contributed by atoms with E-state index in [-0.39, 0.29) is 0 Å². The van der Waals surface area contributed by atoms with Crippen LogP contribution in [0.25, 0.3) is 6.08 Å². The van der Waals surface area contributed by atoms with Crippen molar-refractivity contribution in [1.82, 2.24) is 0 Å². The Labute approximate surface area is 105 Å². The molecule has 0 heterocycles. The highest BCUT2D eigenvalue weighted by Crippen LogP contribution is 2.36. The molecule has 1 aliphatic rings. The molecule has 1 aliphatic carbocycles. The molecule has 0 saturated heterocycles. The lowest BCUT2D eigenvalue weighted by molar-refractivity contribution is 0.375. The van der Waals surface area contributed by atoms with Crippen LogP contribution in [0.2, 0.25) is 0 Å². The highest BCUT2D eigenvalue weighted by molar-refractivity contribution is 5.47. The van der Waals surface area contributed by atoms with Gasteiger partial charge >= 0.3 is 0 Å². The van der Waals surface area contributed by atoms with Crippen LogP contribution in [0.4, 0.5) is 0 Å². The lowest BCUT2D eigenvalue weighted by Gasteiger charge is -2.27. The van der Waals surface area contributed by atoms with Gasteiger partial charge in [-0.2, -0.15) is 0 Å². The van der Waals surface area contributed by atoms with Gasteiger partial charge in [0.1, 0.15) is 0 Å². The Balaban J connectivity index is 1.97. The van der Waals surface area contributed by atoms with Crippen LogP contribution in [0.1, 0.15) is 49.7 Å². The van der Waals surface area contributed by atoms with Crippen LogP contribution in [0.3, 0.4) is 0 Å². The Morgan fingerprint density at radius 3 is 2.24 bits per heavy atom. The summed E-state index contributed by atoms with van der Waals surface area (Å²) >= 11 is 0. The van der Waals surface area contributed by atoms with Gasteiger partial charge in [-0.3, -0.25) is 0 Å². The molecule has 0 N–H and O–H groups in total. The van der Waals surface area contributed by atoms with E-state index in [1.165, 1.54) is 36.8 Å². The van der Waals surface area contributed by atoms with E-state index in [1.54, 1.807) is 0 Å². The summed E-state index contributed by atoms with van der Waals surface area (Å²) in [6.45, 7) is 5.92. The lowest BCUT2D eigenvalue weighted by atomic mass is 9.78. The smallest absolute Gasteiger partial charge is 0.0162 e. The predicted octanol–water partition coefficient (Wildman–Crippen LogP) is 5.18. The summed E-state index contributed by atoms with van der Waals surface area (Å²) in [5.74, 6) is 1.60. The van der Waals surface area contributed by atoms with E-state index in [0.717, 1.165) is 11.8 Å². The molecule has 90 valence electrons. The van der Waals surface area contributed by atoms with Gasteiger partial charge in [-0.25, -0.2) is 0 Å². The largest absolute Gasteiger partial charge is 0.0985 e. The third kappa shape index (κ3) is 3.09. The lowest BCUT2D eigenvalue weighted by Crippen LogP contribution is -2.11. The van der Waals surface area contributed by atoms with Gasteiger partial charge < -0.3 is 0 Å². The van der Waals surface area contributed by atoms with E-state index in [4.69, 9.17) is 0 Å². The van der Waals surface area contributed by atoms with Crippen molar-refractivity contribution >= 4 is 6.08 Å². The first-order valence-corrected chi connectivity index (χ1v) is 6.68. The number of allylic oxidation sites excluding steroid dienone is 2. The van der Waals surface area contributed by atoms with Crippen LogP contribution in [0, 0.1) is 5.92 Å². The highest BCUT2D eigenvalue weighted by Gasteiger charge is 2.20. The van der Waals surface area contributed by atoms with Crippen molar-refractivity contribution in [1.29, 1.82) is 0 Å². The summed E-state index contributed by atoms with van der Waals surface area (Å²) in [5.41, 5.74) is 2.73. The van der Waals surface area contributed by atoms with Crippen molar-refractivity contribution < 1.29 is 0 Å². The number of benzene rings is 1. The zero-order chi connectivity index (χ0) is 12.1. The first-order chi connectivity index (χ1) is 8.33. The Bertz CT molecular complexity index is 375. The Hall–Kier alpha value is -1.30. The van der Waals surface area contributed by atoms with Crippen LogP contribution in [0.5, 0.6) is 0 Å². The topological polar surface area (TPSA) is 0 Å². The molecular weight excluding hydrogens is 204 g/mol. The fraction of sp³-hybridized carbons (Fsp3) is 0.412. The first-order valence-electron chi connectivity index (χ1n) is 6.68. The van der Waals surface area contributed by atoms with Crippen molar-refractivity contribution in [3.63, 3.8) is 0 Å². The molecule has 0 aromatic heterocycles. The Morgan fingerprint density at radius 1 is 1.06 bits per heavy atom. The molecule has 0 amide bonds. The van der Waals surface area contributed by atoms with Crippen LogP contribution < -0.4 is 0 Å². The molecule has 2 rings (SSSR count). The highest BCUT2D eigenvalue weighted by atomic mass is 14.2. The predicted molar refractivity (Wildman–Crippen MR) is 76.0 cm³/mol. The number of hydrogen-bond donors (Lipinski definition) is 0. The summed E-state index contributed by atoms with van der Waals surface area (Å²) in [5, 5.41) is 0. The summed E-state index contributed by atoms with van der Waals surface area (Å²) in [7, 11) is 0. The average molecular weight is 226 g/mol. The maximum absolute atomic E-state index is 3.80. The monoisotopic (exact) mass is 226 g/mol. The zero-order valence-corrected chi connectivity index (χ0v) is 10.7. The van der Waals surface area contributed by atoms with Gasteiger partial charge in [-0.1, -0.05) is 49.1 Å². The second-order valence-electron chi connectivity index (χ2n) is 5.01. The molecule has 0 aliphatic heterocycles. The molecule has 1 aromatic rings. The minimum Gasteiger partial charge on any atom is -0.0985 e. The summed E-state index contributed by atoms with van der Waals surface area (Å²) in [6.07, 6.45) is 11.8. The molecule has 1 fully saturated rings. The number of hydrogen-bond acceptors (Lipinski definition) is 0. The molecule has 0 nitrogen and oxygen atoms in total. The molecule has 0 atom stereocenters. The summed E-state index contributed by atoms with van der Waals surface area (Å²) in [6, 6.07) is 8.91. The fourth-order valence-corrected chi connectivity index (χ4v) is 2.82. The maximum atomic E-state index is 3.80. The van der Waals surface area contributed by atoms with Crippen molar-refractivity contribution in [2.24, 2.45) is 5.92 Å². The average Bonchev–Trinajstić information content (AvgIpc) is 2.40. The normalized spacial score (nSPS) is 25.0. The molecule has 1 aromatic carbocycles. The van der Waals surface area contributed by atoms with Crippen molar-refractivity contribution in [3.05, 3.63) is 54.1 Å². The van der Waals surface area contributed by atoms with Gasteiger partial charge in [0.25, 0.3) is 0 Å². The maximum Gasteiger partial charge on any atom is -0.0162 e. The first kappa shape index (κ1) is 12.2. The van der Waals surface area contributed by atoms with Gasteiger partial charge in [0.2, 0.25) is 0 Å². The third-order valence-electron chi connectivity index (χ3n) is 3.88. The van der Waals surface area contributed by atoms with Gasteiger partial charge in [0.05, 0.1) is 0 Å². The van der Waals surface area contributed by atoms with E-state index < -0.39 is 0 Å².